The van der Waals surface area contributed by atoms with Crippen LogP contribution in [0.25, 0.3) is 121 Å². The molecule has 0 aliphatic rings. The summed E-state index contributed by atoms with van der Waals surface area (Å²) in [5.41, 5.74) is 8.44. The van der Waals surface area contributed by atoms with E-state index < -0.39 is 0 Å². The molecule has 5 heterocycles. The molecule has 54 heavy (non-hydrogen) atoms. The predicted octanol–water partition coefficient (Wildman–Crippen LogP) is 12.8. The van der Waals surface area contributed by atoms with Gasteiger partial charge in [0, 0.05) is 53.9 Å². The highest BCUT2D eigenvalue weighted by Crippen LogP contribution is 2.49. The van der Waals surface area contributed by atoms with Crippen molar-refractivity contribution in [2.75, 3.05) is 0 Å². The van der Waals surface area contributed by atoms with Crippen molar-refractivity contribution in [3.63, 3.8) is 0 Å². The van der Waals surface area contributed by atoms with Crippen LogP contribution in [0.4, 0.5) is 0 Å². The second kappa shape index (κ2) is 10.1. The molecule has 0 aliphatic carbocycles. The number of para-hydroxylation sites is 6. The molecular weight excluding hydrogens is 665 g/mol. The number of nitrogens with zero attached hydrogens (tertiary/aromatic N) is 4. The van der Waals surface area contributed by atoms with Gasteiger partial charge in [0.25, 0.3) is 0 Å². The summed E-state index contributed by atoms with van der Waals surface area (Å²) in [6, 6.07) is 55.0. The number of benzene rings is 8. The van der Waals surface area contributed by atoms with Crippen molar-refractivity contribution in [1.82, 2.24) is 19.1 Å². The summed E-state index contributed by atoms with van der Waals surface area (Å²) in [6.45, 7) is 0. The zero-order valence-electron chi connectivity index (χ0n) is 28.6. The molecule has 13 rings (SSSR count). The van der Waals surface area contributed by atoms with E-state index in [1.165, 1.54) is 10.8 Å². The first-order valence-corrected chi connectivity index (χ1v) is 18.2. The maximum atomic E-state index is 6.93. The number of rotatable bonds is 2. The zero-order valence-corrected chi connectivity index (χ0v) is 28.6. The minimum Gasteiger partial charge on any atom is -0.456 e. The van der Waals surface area contributed by atoms with Gasteiger partial charge in [0.15, 0.2) is 5.82 Å². The molecule has 0 amide bonds. The first-order valence-electron chi connectivity index (χ1n) is 18.2. The second-order valence-electron chi connectivity index (χ2n) is 14.1. The molecule has 0 radical (unpaired) electrons. The molecule has 0 unspecified atom stereocenters. The summed E-state index contributed by atoms with van der Waals surface area (Å²) in [7, 11) is 0. The Morgan fingerprint density at radius 2 is 0.907 bits per heavy atom. The van der Waals surface area contributed by atoms with E-state index >= 15 is 0 Å². The van der Waals surface area contributed by atoms with E-state index in [4.69, 9.17) is 18.8 Å². The predicted molar refractivity (Wildman–Crippen MR) is 220 cm³/mol. The lowest BCUT2D eigenvalue weighted by Crippen LogP contribution is -2.07. The van der Waals surface area contributed by atoms with Crippen molar-refractivity contribution in [2.45, 2.75) is 0 Å². The van der Waals surface area contributed by atoms with Gasteiger partial charge in [-0.05, 0) is 54.6 Å². The highest BCUT2D eigenvalue weighted by Gasteiger charge is 2.27. The van der Waals surface area contributed by atoms with Crippen molar-refractivity contribution in [3.05, 3.63) is 158 Å². The third kappa shape index (κ3) is 3.49. The van der Waals surface area contributed by atoms with Gasteiger partial charge in [-0.25, -0.2) is 4.98 Å². The summed E-state index contributed by atoms with van der Waals surface area (Å²) >= 11 is 0. The van der Waals surface area contributed by atoms with Crippen molar-refractivity contribution in [3.8, 4) is 11.8 Å². The van der Waals surface area contributed by atoms with Crippen molar-refractivity contribution >= 4 is 109 Å². The fraction of sp³-hybridized carbons (Fsp3) is 0. The van der Waals surface area contributed by atoms with Crippen LogP contribution >= 0.6 is 0 Å². The summed E-state index contributed by atoms with van der Waals surface area (Å²) < 4.78 is 18.0. The Balaban J connectivity index is 1.27. The van der Waals surface area contributed by atoms with Crippen LogP contribution in [0, 0.1) is 0 Å². The van der Waals surface area contributed by atoms with E-state index in [0.29, 0.717) is 5.95 Å². The second-order valence-corrected chi connectivity index (χ2v) is 14.1. The molecule has 0 N–H and O–H groups in total. The Morgan fingerprint density at radius 1 is 0.352 bits per heavy atom. The smallest absolute Gasteiger partial charge is 0.237 e. The average Bonchev–Trinajstić information content (AvgIpc) is 3.98. The van der Waals surface area contributed by atoms with E-state index in [9.17, 15) is 0 Å². The highest BCUT2D eigenvalue weighted by atomic mass is 16.3. The molecule has 8 aromatic carbocycles. The van der Waals surface area contributed by atoms with Crippen molar-refractivity contribution in [2.24, 2.45) is 0 Å². The fourth-order valence-electron chi connectivity index (χ4n) is 9.14. The highest BCUT2D eigenvalue weighted by molar-refractivity contribution is 6.40. The van der Waals surface area contributed by atoms with Crippen LogP contribution in [0.2, 0.25) is 0 Å². The Bertz CT molecular complexity index is 3690. The Kier molecular flexibility index (Phi) is 5.28. The van der Waals surface area contributed by atoms with Gasteiger partial charge < -0.3 is 8.83 Å². The van der Waals surface area contributed by atoms with E-state index in [-0.39, 0.29) is 0 Å². The molecule has 6 nitrogen and oxygen atoms in total. The number of hydrogen-bond donors (Lipinski definition) is 0. The topological polar surface area (TPSA) is 61.9 Å². The molecule has 0 fully saturated rings. The largest absolute Gasteiger partial charge is 0.456 e. The molecule has 0 bridgehead atoms. The first kappa shape index (κ1) is 28.2. The van der Waals surface area contributed by atoms with Crippen molar-refractivity contribution < 1.29 is 8.83 Å². The summed E-state index contributed by atoms with van der Waals surface area (Å²) in [5.74, 6) is 1.42. The number of aromatic nitrogens is 4. The lowest BCUT2D eigenvalue weighted by molar-refractivity contribution is 0.669. The monoisotopic (exact) mass is 690 g/mol. The number of hydrogen-bond acceptors (Lipinski definition) is 4. The van der Waals surface area contributed by atoms with Crippen LogP contribution in [-0.4, -0.2) is 19.1 Å². The molecule has 0 saturated carbocycles. The quantitative estimate of drug-likeness (QED) is 0.181. The molecule has 0 saturated heterocycles. The minimum absolute atomic E-state index is 0.589. The average molecular weight is 691 g/mol. The normalized spacial score (nSPS) is 12.4. The molecule has 5 aromatic heterocycles. The molecule has 13 aromatic rings. The number of furan rings is 2. The lowest BCUT2D eigenvalue weighted by atomic mass is 9.96. The number of fused-ring (bicyclic) bond motifs is 18. The third-order valence-corrected chi connectivity index (χ3v) is 11.3. The molecule has 0 aliphatic heterocycles. The van der Waals surface area contributed by atoms with Gasteiger partial charge in [-0.1, -0.05) is 103 Å². The molecule has 250 valence electrons. The molecule has 0 atom stereocenters. The zero-order chi connectivity index (χ0) is 35.1. The molecule has 6 heteroatoms. The van der Waals surface area contributed by atoms with Crippen LogP contribution in [0.1, 0.15) is 0 Å². The van der Waals surface area contributed by atoms with Gasteiger partial charge >= 0.3 is 0 Å². The van der Waals surface area contributed by atoms with Crippen molar-refractivity contribution in [1.29, 1.82) is 0 Å². The van der Waals surface area contributed by atoms with Crippen LogP contribution in [0.5, 0.6) is 0 Å². The summed E-state index contributed by atoms with van der Waals surface area (Å²) in [4.78, 5) is 11.0. The standard InChI is InChI=1S/C48H26N4O2/c1-7-19-34-29(15-1)47(51-35-20-8-2-13-27(35)28-14-3-9-21-36(28)51)50-48(49-34)52-37-22-10-4-16-30(37)44-45(52)33-25-26-40-41(31-17-5-11-23-38(31)53-40)42(33)43-32-18-6-12-24-39(32)54-46(43)44/h1-26H. The van der Waals surface area contributed by atoms with Gasteiger partial charge in [-0.3, -0.25) is 9.13 Å². The molecular formula is C48H26N4O2. The van der Waals surface area contributed by atoms with E-state index in [1.54, 1.807) is 0 Å². The minimum atomic E-state index is 0.589. The van der Waals surface area contributed by atoms with Gasteiger partial charge in [-0.15, -0.1) is 0 Å². The van der Waals surface area contributed by atoms with E-state index in [0.717, 1.165) is 104 Å². The Hall–Kier alpha value is -7.44. The summed E-state index contributed by atoms with van der Waals surface area (Å²) in [6.07, 6.45) is 0. The van der Waals surface area contributed by atoms with Crippen LogP contribution in [-0.2, 0) is 0 Å². The third-order valence-electron chi connectivity index (χ3n) is 11.3. The van der Waals surface area contributed by atoms with E-state index in [2.05, 4.69) is 149 Å². The van der Waals surface area contributed by atoms with Crippen LogP contribution in [0.15, 0.2) is 167 Å². The maximum absolute atomic E-state index is 6.93. The molecule has 0 spiro atoms. The Morgan fingerprint density at radius 3 is 1.63 bits per heavy atom. The van der Waals surface area contributed by atoms with Gasteiger partial charge in [0.2, 0.25) is 5.95 Å². The fourth-order valence-corrected chi connectivity index (χ4v) is 9.14. The maximum Gasteiger partial charge on any atom is 0.237 e. The van der Waals surface area contributed by atoms with Crippen LogP contribution < -0.4 is 0 Å². The van der Waals surface area contributed by atoms with E-state index in [1.807, 2.05) is 18.2 Å². The lowest BCUT2D eigenvalue weighted by Gasteiger charge is -2.15. The van der Waals surface area contributed by atoms with Gasteiger partial charge in [0.05, 0.1) is 33.0 Å². The van der Waals surface area contributed by atoms with Gasteiger partial charge in [0.1, 0.15) is 22.3 Å². The Labute approximate surface area is 305 Å². The SMILES string of the molecule is c1ccc2c(-n3c4ccccc4c4ccccc43)nc(-n3c4ccccc4c4c5oc6ccccc6c5c5c(ccc6oc7ccccc7c65)c43)nc2c1. The van der Waals surface area contributed by atoms with Gasteiger partial charge in [-0.2, -0.15) is 4.98 Å². The van der Waals surface area contributed by atoms with Crippen LogP contribution in [0.3, 0.4) is 0 Å². The first-order chi connectivity index (χ1) is 26.8. The summed E-state index contributed by atoms with van der Waals surface area (Å²) in [5, 5.41) is 11.9.